The molecule has 1 fully saturated rings. The maximum Gasteiger partial charge on any atom is 0.120 e. The van der Waals surface area contributed by atoms with Crippen molar-refractivity contribution in [2.75, 3.05) is 12.3 Å². The molecule has 0 aromatic heterocycles. The number of alkyl halides is 1. The molecule has 0 aromatic rings. The lowest BCUT2D eigenvalue weighted by molar-refractivity contribution is 0.228. The van der Waals surface area contributed by atoms with Crippen LogP contribution in [0.5, 0.6) is 0 Å². The van der Waals surface area contributed by atoms with Gasteiger partial charge in [-0.2, -0.15) is 0 Å². The Kier molecular flexibility index (Phi) is 2.89. The summed E-state index contributed by atoms with van der Waals surface area (Å²) in [7, 11) is 0.952. The fourth-order valence-electron chi connectivity index (χ4n) is 2.22. The predicted octanol–water partition coefficient (Wildman–Crippen LogP) is 2.25. The summed E-state index contributed by atoms with van der Waals surface area (Å²) in [4.78, 5) is 0. The first-order valence-electron chi connectivity index (χ1n) is 4.45. The van der Waals surface area contributed by atoms with Crippen LogP contribution in [-0.2, 0) is 4.74 Å². The second-order valence-corrected chi connectivity index (χ2v) is 5.21. The number of halogens is 1. The van der Waals surface area contributed by atoms with E-state index in [4.69, 9.17) is 16.3 Å². The molecule has 2 rings (SSSR count). The highest BCUT2D eigenvalue weighted by atomic mass is 35.5. The summed E-state index contributed by atoms with van der Waals surface area (Å²) in [5, 5.41) is 0. The molecule has 66 valence electrons. The monoisotopic (exact) mass is 200 g/mol. The number of hydrogen-bond donors (Lipinski definition) is 0. The minimum absolute atomic E-state index is 0.351. The van der Waals surface area contributed by atoms with Gasteiger partial charge in [0.05, 0.1) is 9.52 Å². The molecule has 0 amide bonds. The van der Waals surface area contributed by atoms with E-state index in [1.807, 2.05) is 0 Å². The summed E-state index contributed by atoms with van der Waals surface area (Å²) < 4.78 is 5.16. The normalized spacial score (nSPS) is 37.9. The van der Waals surface area contributed by atoms with Crippen molar-refractivity contribution in [2.24, 2.45) is 11.8 Å². The zero-order valence-corrected chi connectivity index (χ0v) is 8.76. The molecule has 2 aliphatic carbocycles. The largest absolute Gasteiger partial charge is 0.370 e. The van der Waals surface area contributed by atoms with E-state index in [1.165, 1.54) is 12.8 Å². The molecule has 1 nitrogen and oxygen atoms in total. The van der Waals surface area contributed by atoms with Crippen molar-refractivity contribution in [1.82, 2.24) is 0 Å². The van der Waals surface area contributed by atoms with Gasteiger partial charge < -0.3 is 4.74 Å². The van der Waals surface area contributed by atoms with E-state index >= 15 is 0 Å². The number of hydrogen-bond acceptors (Lipinski definition) is 1. The molecule has 0 aliphatic heterocycles. The summed E-state index contributed by atoms with van der Waals surface area (Å²) >= 11 is 5.43. The van der Waals surface area contributed by atoms with Gasteiger partial charge >= 0.3 is 0 Å². The van der Waals surface area contributed by atoms with Crippen molar-refractivity contribution in [3.8, 4) is 0 Å². The summed E-state index contributed by atoms with van der Waals surface area (Å²) in [5.74, 6) is 1.76. The Morgan fingerprint density at radius 1 is 1.42 bits per heavy atom. The van der Waals surface area contributed by atoms with Crippen LogP contribution < -0.4 is 0 Å². The van der Waals surface area contributed by atoms with Crippen LogP contribution in [0.3, 0.4) is 0 Å². The molecule has 2 bridgehead atoms. The van der Waals surface area contributed by atoms with Gasteiger partial charge in [-0.05, 0) is 30.2 Å². The average molecular weight is 201 g/mol. The fraction of sp³-hybridized carbons (Fsp3) is 0.778. The van der Waals surface area contributed by atoms with Crippen LogP contribution in [0.1, 0.15) is 12.8 Å². The Balaban J connectivity index is 1.73. The van der Waals surface area contributed by atoms with Crippen LogP contribution in [-0.4, -0.2) is 21.8 Å². The Morgan fingerprint density at radius 3 is 2.92 bits per heavy atom. The lowest BCUT2D eigenvalue weighted by Crippen LogP contribution is -2.14. The number of allylic oxidation sites excluding steroid dienone is 2. The first-order valence-corrected chi connectivity index (χ1v) is 6.27. The molecule has 0 N–H and O–H groups in total. The van der Waals surface area contributed by atoms with Gasteiger partial charge in [-0.25, -0.2) is 0 Å². The fourth-order valence-corrected chi connectivity index (χ4v) is 3.88. The van der Waals surface area contributed by atoms with E-state index in [-0.39, 0.29) is 0 Å². The van der Waals surface area contributed by atoms with Gasteiger partial charge in [0.25, 0.3) is 0 Å². The zero-order valence-electron chi connectivity index (χ0n) is 7.00. The van der Waals surface area contributed by atoms with Gasteiger partial charge in [0.15, 0.2) is 0 Å². The zero-order chi connectivity index (χ0) is 8.39. The molecule has 3 heteroatoms. The Bertz CT molecular complexity index is 183. The highest BCUT2D eigenvalue weighted by Crippen LogP contribution is 2.46. The molecule has 2 aliphatic rings. The lowest BCUT2D eigenvalue weighted by Gasteiger charge is -2.16. The van der Waals surface area contributed by atoms with Crippen LogP contribution in [0.15, 0.2) is 12.2 Å². The van der Waals surface area contributed by atoms with Gasteiger partial charge in [0, 0.05) is 6.23 Å². The molecule has 3 atom stereocenters. The quantitative estimate of drug-likeness (QED) is 0.293. The molecule has 0 spiro atoms. The highest BCUT2D eigenvalue weighted by Gasteiger charge is 2.35. The standard InChI is InChI=1S/C9H13ClOSi/c10-5-11-6-12-9-4-7-1-2-8(9)3-7/h1-2,7-9H,3-6H2. The molecular formula is C9H13ClOSi. The minimum atomic E-state index is 0.351. The summed E-state index contributed by atoms with van der Waals surface area (Å²) in [6.45, 7) is 0. The van der Waals surface area contributed by atoms with Crippen LogP contribution in [0.4, 0.5) is 0 Å². The Hall–Kier alpha value is 0.207. The molecule has 0 aromatic carbocycles. The third-order valence-corrected chi connectivity index (χ3v) is 4.52. The number of fused-ring (bicyclic) bond motifs is 2. The minimum Gasteiger partial charge on any atom is -0.370 e. The molecule has 2 radical (unpaired) electrons. The summed E-state index contributed by atoms with van der Waals surface area (Å²) in [6.07, 6.45) is 8.44. The first-order chi connectivity index (χ1) is 5.90. The predicted molar refractivity (Wildman–Crippen MR) is 51.5 cm³/mol. The van der Waals surface area contributed by atoms with E-state index in [9.17, 15) is 0 Å². The number of ether oxygens (including phenoxy) is 1. The van der Waals surface area contributed by atoms with Gasteiger partial charge in [0.1, 0.15) is 6.07 Å². The third kappa shape index (κ3) is 1.75. The molecule has 3 unspecified atom stereocenters. The van der Waals surface area contributed by atoms with Crippen molar-refractivity contribution >= 4 is 21.1 Å². The van der Waals surface area contributed by atoms with Gasteiger partial charge in [-0.15, -0.1) is 0 Å². The van der Waals surface area contributed by atoms with Gasteiger partial charge in [0.2, 0.25) is 0 Å². The van der Waals surface area contributed by atoms with Crippen LogP contribution >= 0.6 is 11.6 Å². The van der Waals surface area contributed by atoms with Gasteiger partial charge in [-0.1, -0.05) is 23.8 Å². The van der Waals surface area contributed by atoms with E-state index in [2.05, 4.69) is 12.2 Å². The van der Waals surface area contributed by atoms with Gasteiger partial charge in [-0.3, -0.25) is 0 Å². The summed E-state index contributed by atoms with van der Waals surface area (Å²) in [5.41, 5.74) is 0.906. The van der Waals surface area contributed by atoms with Crippen molar-refractivity contribution in [1.29, 1.82) is 0 Å². The molecular weight excluding hydrogens is 188 g/mol. The van der Waals surface area contributed by atoms with Crippen molar-refractivity contribution in [3.63, 3.8) is 0 Å². The Labute approximate surface area is 80.9 Å². The van der Waals surface area contributed by atoms with Crippen LogP contribution in [0.2, 0.25) is 5.54 Å². The maximum atomic E-state index is 5.43. The van der Waals surface area contributed by atoms with Crippen molar-refractivity contribution in [3.05, 3.63) is 12.2 Å². The SMILES string of the molecule is ClCOC[Si]C1CC2C=CC1C2. The summed E-state index contributed by atoms with van der Waals surface area (Å²) in [6, 6.07) is 0.351. The second-order valence-electron chi connectivity index (χ2n) is 3.55. The molecule has 1 saturated carbocycles. The maximum absolute atomic E-state index is 5.43. The van der Waals surface area contributed by atoms with E-state index in [0.717, 1.165) is 33.1 Å². The third-order valence-electron chi connectivity index (χ3n) is 2.80. The van der Waals surface area contributed by atoms with Crippen molar-refractivity contribution < 1.29 is 4.74 Å². The molecule has 12 heavy (non-hydrogen) atoms. The smallest absolute Gasteiger partial charge is 0.120 e. The van der Waals surface area contributed by atoms with Crippen LogP contribution in [0.25, 0.3) is 0 Å². The van der Waals surface area contributed by atoms with Crippen LogP contribution in [0, 0.1) is 11.8 Å². The molecule has 0 saturated heterocycles. The van der Waals surface area contributed by atoms with E-state index in [0.29, 0.717) is 6.07 Å². The number of rotatable bonds is 4. The second kappa shape index (κ2) is 3.94. The highest BCUT2D eigenvalue weighted by molar-refractivity contribution is 6.37. The molecule has 0 heterocycles. The average Bonchev–Trinajstić information content (AvgIpc) is 2.65. The Morgan fingerprint density at radius 2 is 2.33 bits per heavy atom. The van der Waals surface area contributed by atoms with Crippen molar-refractivity contribution in [2.45, 2.75) is 18.4 Å². The lowest BCUT2D eigenvalue weighted by atomic mass is 10.1. The first kappa shape index (κ1) is 8.79. The van der Waals surface area contributed by atoms with E-state index in [1.54, 1.807) is 0 Å². The topological polar surface area (TPSA) is 9.23 Å². The van der Waals surface area contributed by atoms with E-state index < -0.39 is 0 Å².